The van der Waals surface area contributed by atoms with Crippen LogP contribution in [0.5, 0.6) is 0 Å². The molecule has 3 N–H and O–H groups in total. The van der Waals surface area contributed by atoms with Crippen molar-refractivity contribution < 1.29 is 4.79 Å². The van der Waals surface area contributed by atoms with Gasteiger partial charge in [0.2, 0.25) is 5.91 Å². The third kappa shape index (κ3) is 2.71. The summed E-state index contributed by atoms with van der Waals surface area (Å²) < 4.78 is 0. The standard InChI is InChI=1S/C11H22N2O/c1-7(2)10(11(12)14)13-9-6-4-5-8(9)3/h7-10,13H,4-6H2,1-3H3,(H2,12,14). The van der Waals surface area contributed by atoms with Crippen molar-refractivity contribution >= 4 is 5.91 Å². The van der Waals surface area contributed by atoms with E-state index in [2.05, 4.69) is 12.2 Å². The number of rotatable bonds is 4. The molecule has 14 heavy (non-hydrogen) atoms. The van der Waals surface area contributed by atoms with Gasteiger partial charge in [-0.15, -0.1) is 0 Å². The van der Waals surface area contributed by atoms with Gasteiger partial charge in [0.05, 0.1) is 6.04 Å². The Bertz CT molecular complexity index is 203. The van der Waals surface area contributed by atoms with E-state index in [1.54, 1.807) is 0 Å². The maximum atomic E-state index is 11.2. The van der Waals surface area contributed by atoms with Crippen molar-refractivity contribution in [1.82, 2.24) is 5.32 Å². The second-order valence-electron chi connectivity index (χ2n) is 4.81. The number of hydrogen-bond acceptors (Lipinski definition) is 2. The highest BCUT2D eigenvalue weighted by Gasteiger charge is 2.28. The summed E-state index contributed by atoms with van der Waals surface area (Å²) >= 11 is 0. The molecule has 3 unspecified atom stereocenters. The average Bonchev–Trinajstić information content (AvgIpc) is 2.46. The third-order valence-electron chi connectivity index (χ3n) is 3.23. The molecule has 0 aromatic carbocycles. The van der Waals surface area contributed by atoms with Gasteiger partial charge in [-0.1, -0.05) is 27.2 Å². The predicted octanol–water partition coefficient (Wildman–Crippen LogP) is 1.27. The SMILES string of the molecule is CC(C)C(NC1CCCC1C)C(N)=O. The Kier molecular flexibility index (Phi) is 3.93. The van der Waals surface area contributed by atoms with Crippen LogP contribution in [0.3, 0.4) is 0 Å². The van der Waals surface area contributed by atoms with Crippen molar-refractivity contribution in [2.24, 2.45) is 17.6 Å². The van der Waals surface area contributed by atoms with Crippen molar-refractivity contribution in [1.29, 1.82) is 0 Å². The summed E-state index contributed by atoms with van der Waals surface area (Å²) in [6.07, 6.45) is 3.71. The second-order valence-corrected chi connectivity index (χ2v) is 4.81. The molecule has 82 valence electrons. The molecule has 3 atom stereocenters. The van der Waals surface area contributed by atoms with Crippen molar-refractivity contribution in [3.8, 4) is 0 Å². The Balaban J connectivity index is 2.50. The number of nitrogens with one attached hydrogen (secondary N) is 1. The van der Waals surface area contributed by atoms with E-state index in [0.717, 1.165) is 0 Å². The summed E-state index contributed by atoms with van der Waals surface area (Å²) in [5, 5.41) is 3.39. The zero-order valence-electron chi connectivity index (χ0n) is 9.42. The van der Waals surface area contributed by atoms with E-state index >= 15 is 0 Å². The number of amides is 1. The fourth-order valence-corrected chi connectivity index (χ4v) is 2.23. The number of nitrogens with two attached hydrogens (primary N) is 1. The molecule has 1 fully saturated rings. The van der Waals surface area contributed by atoms with Crippen LogP contribution < -0.4 is 11.1 Å². The van der Waals surface area contributed by atoms with Gasteiger partial charge in [0.1, 0.15) is 0 Å². The van der Waals surface area contributed by atoms with Crippen LogP contribution in [0.2, 0.25) is 0 Å². The highest BCUT2D eigenvalue weighted by molar-refractivity contribution is 5.80. The summed E-state index contributed by atoms with van der Waals surface area (Å²) in [5.74, 6) is 0.731. The van der Waals surface area contributed by atoms with Gasteiger partial charge >= 0.3 is 0 Å². The molecule has 3 nitrogen and oxygen atoms in total. The Labute approximate surface area is 86.4 Å². The summed E-state index contributed by atoms with van der Waals surface area (Å²) in [5.41, 5.74) is 5.36. The topological polar surface area (TPSA) is 55.1 Å². The van der Waals surface area contributed by atoms with Crippen molar-refractivity contribution in [3.05, 3.63) is 0 Å². The van der Waals surface area contributed by atoms with E-state index in [-0.39, 0.29) is 17.9 Å². The lowest BCUT2D eigenvalue weighted by Crippen LogP contribution is -2.50. The molecule has 0 radical (unpaired) electrons. The van der Waals surface area contributed by atoms with E-state index in [9.17, 15) is 4.79 Å². The molecule has 1 aliphatic rings. The quantitative estimate of drug-likeness (QED) is 0.715. The lowest BCUT2D eigenvalue weighted by Gasteiger charge is -2.25. The molecule has 0 saturated heterocycles. The van der Waals surface area contributed by atoms with Gasteiger partial charge < -0.3 is 11.1 Å². The summed E-state index contributed by atoms with van der Waals surface area (Å²) in [7, 11) is 0. The highest BCUT2D eigenvalue weighted by atomic mass is 16.1. The Hall–Kier alpha value is -0.570. The number of carbonyl (C=O) groups excluding carboxylic acids is 1. The van der Waals surface area contributed by atoms with Crippen molar-refractivity contribution in [3.63, 3.8) is 0 Å². The number of primary amides is 1. The fraction of sp³-hybridized carbons (Fsp3) is 0.909. The van der Waals surface area contributed by atoms with Crippen molar-refractivity contribution in [2.75, 3.05) is 0 Å². The van der Waals surface area contributed by atoms with Gasteiger partial charge in [0.25, 0.3) is 0 Å². The molecule has 0 aliphatic heterocycles. The van der Waals surface area contributed by atoms with Crippen LogP contribution in [0, 0.1) is 11.8 Å². The normalized spacial score (nSPS) is 29.4. The second kappa shape index (κ2) is 4.78. The first kappa shape index (κ1) is 11.5. The van der Waals surface area contributed by atoms with Crippen LogP contribution in [0.25, 0.3) is 0 Å². The van der Waals surface area contributed by atoms with E-state index in [4.69, 9.17) is 5.73 Å². The Morgan fingerprint density at radius 1 is 1.43 bits per heavy atom. The van der Waals surface area contributed by atoms with Crippen LogP contribution in [0.15, 0.2) is 0 Å². The lowest BCUT2D eigenvalue weighted by molar-refractivity contribution is -0.121. The number of carbonyl (C=O) groups is 1. The van der Waals surface area contributed by atoms with Crippen LogP contribution in [-0.2, 0) is 4.79 Å². The molecule has 0 spiro atoms. The van der Waals surface area contributed by atoms with Gasteiger partial charge in [0.15, 0.2) is 0 Å². The minimum atomic E-state index is -0.223. The van der Waals surface area contributed by atoms with E-state index in [1.807, 2.05) is 13.8 Å². The van der Waals surface area contributed by atoms with Crippen LogP contribution >= 0.6 is 0 Å². The Morgan fingerprint density at radius 3 is 2.43 bits per heavy atom. The molecule has 1 aliphatic carbocycles. The fourth-order valence-electron chi connectivity index (χ4n) is 2.23. The maximum Gasteiger partial charge on any atom is 0.234 e. The van der Waals surface area contributed by atoms with E-state index in [0.29, 0.717) is 12.0 Å². The van der Waals surface area contributed by atoms with Crippen molar-refractivity contribution in [2.45, 2.75) is 52.1 Å². The summed E-state index contributed by atoms with van der Waals surface area (Å²) in [4.78, 5) is 11.2. The van der Waals surface area contributed by atoms with Gasteiger partial charge in [0, 0.05) is 6.04 Å². The minimum Gasteiger partial charge on any atom is -0.368 e. The minimum absolute atomic E-state index is 0.166. The zero-order chi connectivity index (χ0) is 10.7. The van der Waals surface area contributed by atoms with Crippen LogP contribution in [-0.4, -0.2) is 18.0 Å². The Morgan fingerprint density at radius 2 is 2.07 bits per heavy atom. The third-order valence-corrected chi connectivity index (χ3v) is 3.23. The largest absolute Gasteiger partial charge is 0.368 e. The number of hydrogen-bond donors (Lipinski definition) is 2. The maximum absolute atomic E-state index is 11.2. The molecule has 0 heterocycles. The lowest BCUT2D eigenvalue weighted by atomic mass is 9.99. The zero-order valence-corrected chi connectivity index (χ0v) is 9.42. The van der Waals surface area contributed by atoms with Gasteiger partial charge in [-0.25, -0.2) is 0 Å². The smallest absolute Gasteiger partial charge is 0.234 e. The summed E-state index contributed by atoms with van der Waals surface area (Å²) in [6, 6.07) is 0.315. The van der Waals surface area contributed by atoms with Crippen LogP contribution in [0.4, 0.5) is 0 Å². The molecule has 0 bridgehead atoms. The molecule has 0 aromatic heterocycles. The molecule has 1 rings (SSSR count). The first-order valence-electron chi connectivity index (χ1n) is 5.57. The average molecular weight is 198 g/mol. The van der Waals surface area contributed by atoms with Gasteiger partial charge in [-0.05, 0) is 24.7 Å². The van der Waals surface area contributed by atoms with E-state index < -0.39 is 0 Å². The molecule has 3 heteroatoms. The van der Waals surface area contributed by atoms with Gasteiger partial charge in [-0.2, -0.15) is 0 Å². The monoisotopic (exact) mass is 198 g/mol. The van der Waals surface area contributed by atoms with Gasteiger partial charge in [-0.3, -0.25) is 4.79 Å². The van der Waals surface area contributed by atoms with E-state index in [1.165, 1.54) is 19.3 Å². The molecular weight excluding hydrogens is 176 g/mol. The predicted molar refractivity (Wildman–Crippen MR) is 57.8 cm³/mol. The first-order valence-corrected chi connectivity index (χ1v) is 5.57. The molecule has 1 amide bonds. The molecular formula is C11H22N2O. The molecule has 1 saturated carbocycles. The van der Waals surface area contributed by atoms with Crippen LogP contribution in [0.1, 0.15) is 40.0 Å². The first-order chi connectivity index (χ1) is 6.52. The summed E-state index contributed by atoms with van der Waals surface area (Å²) in [6.45, 7) is 6.30. The molecule has 0 aromatic rings. The highest BCUT2D eigenvalue weighted by Crippen LogP contribution is 2.25.